The van der Waals surface area contributed by atoms with Gasteiger partial charge in [0.25, 0.3) is 0 Å². The summed E-state index contributed by atoms with van der Waals surface area (Å²) in [6.45, 7) is 0.906. The smallest absolute Gasteiger partial charge is 0.462 e. The molecule has 1 fully saturated rings. The second-order valence-electron chi connectivity index (χ2n) is 4.62. The van der Waals surface area contributed by atoms with Crippen LogP contribution < -0.4 is 5.46 Å². The summed E-state index contributed by atoms with van der Waals surface area (Å²) in [6.07, 6.45) is 2.31. The Morgan fingerprint density at radius 2 is 2.35 bits per heavy atom. The van der Waals surface area contributed by atoms with E-state index < -0.39 is 7.12 Å². The van der Waals surface area contributed by atoms with Crippen LogP contribution in [0.4, 0.5) is 0 Å². The molecule has 1 heterocycles. The van der Waals surface area contributed by atoms with Crippen LogP contribution in [0.1, 0.15) is 28.8 Å². The van der Waals surface area contributed by atoms with Crippen molar-refractivity contribution in [2.24, 2.45) is 5.92 Å². The predicted octanol–water partition coefficient (Wildman–Crippen LogP) is 0.471. The number of carbonyl (C=O) groups excluding carboxylic acids is 1. The molecule has 4 nitrogen and oxygen atoms in total. The van der Waals surface area contributed by atoms with Gasteiger partial charge in [-0.3, -0.25) is 0 Å². The van der Waals surface area contributed by atoms with Crippen LogP contribution in [0.15, 0.2) is 18.2 Å². The Kier molecular flexibility index (Phi) is 2.65. The van der Waals surface area contributed by atoms with Crippen LogP contribution in [0, 0.1) is 5.92 Å². The fourth-order valence-electron chi connectivity index (χ4n) is 1.90. The number of esters is 1. The van der Waals surface area contributed by atoms with Crippen molar-refractivity contribution in [2.75, 3.05) is 6.61 Å². The molecule has 0 spiro atoms. The molecule has 0 aromatic heterocycles. The third kappa shape index (κ3) is 2.21. The van der Waals surface area contributed by atoms with Crippen LogP contribution in [0.3, 0.4) is 0 Å². The number of hydrogen-bond acceptors (Lipinski definition) is 4. The third-order valence-electron chi connectivity index (χ3n) is 3.19. The molecule has 1 N–H and O–H groups in total. The minimum atomic E-state index is -0.916. The molecule has 5 heteroatoms. The predicted molar refractivity (Wildman–Crippen MR) is 61.8 cm³/mol. The number of carbonyl (C=O) groups is 1. The first kappa shape index (κ1) is 10.8. The van der Waals surface area contributed by atoms with Crippen molar-refractivity contribution in [1.82, 2.24) is 0 Å². The summed E-state index contributed by atoms with van der Waals surface area (Å²) in [5, 5.41) is 9.54. The van der Waals surface area contributed by atoms with Gasteiger partial charge in [0, 0.05) is 0 Å². The van der Waals surface area contributed by atoms with Gasteiger partial charge in [0.15, 0.2) is 0 Å². The first-order valence-electron chi connectivity index (χ1n) is 5.83. The zero-order valence-corrected chi connectivity index (χ0v) is 9.39. The highest BCUT2D eigenvalue weighted by molar-refractivity contribution is 6.61. The molecule has 0 atom stereocenters. The van der Waals surface area contributed by atoms with Crippen molar-refractivity contribution in [3.8, 4) is 0 Å². The number of hydrogen-bond donors (Lipinski definition) is 1. The normalized spacial score (nSPS) is 18.1. The molecule has 0 unspecified atom stereocenters. The van der Waals surface area contributed by atoms with E-state index in [0.717, 1.165) is 18.4 Å². The minimum absolute atomic E-state index is 0.321. The van der Waals surface area contributed by atoms with Crippen LogP contribution in [-0.4, -0.2) is 24.7 Å². The quantitative estimate of drug-likeness (QED) is 0.608. The van der Waals surface area contributed by atoms with E-state index >= 15 is 0 Å². The minimum Gasteiger partial charge on any atom is -0.462 e. The first-order valence-corrected chi connectivity index (χ1v) is 5.83. The number of benzene rings is 1. The monoisotopic (exact) mass is 232 g/mol. The number of rotatable bonds is 3. The average molecular weight is 232 g/mol. The number of ether oxygens (including phenoxy) is 1. The molecular weight excluding hydrogens is 219 g/mol. The summed E-state index contributed by atoms with van der Waals surface area (Å²) in [7, 11) is -0.916. The van der Waals surface area contributed by atoms with Gasteiger partial charge in [0.2, 0.25) is 0 Å². The van der Waals surface area contributed by atoms with Gasteiger partial charge < -0.3 is 14.4 Å². The molecule has 0 bridgehead atoms. The van der Waals surface area contributed by atoms with Crippen molar-refractivity contribution in [3.63, 3.8) is 0 Å². The van der Waals surface area contributed by atoms with Gasteiger partial charge in [-0.2, -0.15) is 0 Å². The van der Waals surface area contributed by atoms with E-state index in [9.17, 15) is 9.82 Å². The molecule has 1 aliphatic carbocycles. The molecule has 1 aliphatic heterocycles. The van der Waals surface area contributed by atoms with Gasteiger partial charge in [-0.05, 0) is 41.9 Å². The highest BCUT2D eigenvalue weighted by Gasteiger charge is 2.28. The van der Waals surface area contributed by atoms with Gasteiger partial charge >= 0.3 is 13.1 Å². The zero-order chi connectivity index (χ0) is 11.8. The zero-order valence-electron chi connectivity index (χ0n) is 9.39. The van der Waals surface area contributed by atoms with E-state index in [2.05, 4.69) is 0 Å². The van der Waals surface area contributed by atoms with Crippen molar-refractivity contribution in [3.05, 3.63) is 29.3 Å². The van der Waals surface area contributed by atoms with Crippen molar-refractivity contribution >= 4 is 18.6 Å². The van der Waals surface area contributed by atoms with Crippen molar-refractivity contribution in [1.29, 1.82) is 0 Å². The summed E-state index contributed by atoms with van der Waals surface area (Å²) >= 11 is 0. The van der Waals surface area contributed by atoms with E-state index in [-0.39, 0.29) is 5.97 Å². The molecular formula is C12H13BO4. The topological polar surface area (TPSA) is 55.8 Å². The van der Waals surface area contributed by atoms with E-state index in [1.165, 1.54) is 0 Å². The molecule has 0 saturated heterocycles. The average Bonchev–Trinajstić information content (AvgIpc) is 3.11. The Hall–Kier alpha value is -1.33. The first-order chi connectivity index (χ1) is 8.24. The lowest BCUT2D eigenvalue weighted by molar-refractivity contribution is 0.0486. The Balaban J connectivity index is 1.73. The fraction of sp³-hybridized carbons (Fsp3) is 0.417. The van der Waals surface area contributed by atoms with Gasteiger partial charge in [0.05, 0.1) is 18.8 Å². The summed E-state index contributed by atoms with van der Waals surface area (Å²) < 4.78 is 10.3. The summed E-state index contributed by atoms with van der Waals surface area (Å²) in [4.78, 5) is 11.7. The van der Waals surface area contributed by atoms with E-state index in [1.807, 2.05) is 0 Å². The van der Waals surface area contributed by atoms with E-state index in [1.54, 1.807) is 18.2 Å². The van der Waals surface area contributed by atoms with Gasteiger partial charge in [-0.1, -0.05) is 6.07 Å². The van der Waals surface area contributed by atoms with Crippen molar-refractivity contribution < 1.29 is 19.2 Å². The largest absolute Gasteiger partial charge is 0.491 e. The van der Waals surface area contributed by atoms with Crippen LogP contribution in [0.5, 0.6) is 0 Å². The maximum Gasteiger partial charge on any atom is 0.491 e. The fourth-order valence-corrected chi connectivity index (χ4v) is 1.90. The van der Waals surface area contributed by atoms with Crippen LogP contribution in [-0.2, 0) is 16.0 Å². The molecule has 17 heavy (non-hydrogen) atoms. The van der Waals surface area contributed by atoms with E-state index in [4.69, 9.17) is 9.39 Å². The Labute approximate surface area is 99.7 Å². The van der Waals surface area contributed by atoms with Crippen LogP contribution in [0.25, 0.3) is 0 Å². The lowest BCUT2D eigenvalue weighted by atomic mass is 9.79. The highest BCUT2D eigenvalue weighted by Crippen LogP contribution is 2.29. The lowest BCUT2D eigenvalue weighted by Crippen LogP contribution is -2.28. The molecule has 2 aliphatic rings. The molecule has 1 aromatic carbocycles. The second-order valence-corrected chi connectivity index (χ2v) is 4.62. The van der Waals surface area contributed by atoms with Gasteiger partial charge in [-0.25, -0.2) is 4.79 Å². The highest BCUT2D eigenvalue weighted by atomic mass is 16.5. The van der Waals surface area contributed by atoms with Gasteiger partial charge in [-0.15, -0.1) is 0 Å². The Bertz CT molecular complexity index is 456. The summed E-state index contributed by atoms with van der Waals surface area (Å²) in [5.74, 6) is 0.237. The second kappa shape index (κ2) is 4.16. The van der Waals surface area contributed by atoms with Gasteiger partial charge in [0.1, 0.15) is 0 Å². The molecule has 1 aromatic rings. The molecule has 88 valence electrons. The summed E-state index contributed by atoms with van der Waals surface area (Å²) in [6, 6.07) is 5.18. The molecule has 1 saturated carbocycles. The molecule has 0 amide bonds. The summed E-state index contributed by atoms with van der Waals surface area (Å²) in [5.41, 5.74) is 2.08. The van der Waals surface area contributed by atoms with Crippen LogP contribution in [0.2, 0.25) is 0 Å². The Morgan fingerprint density at radius 3 is 3.12 bits per heavy atom. The molecule has 0 radical (unpaired) electrons. The lowest BCUT2D eigenvalue weighted by Gasteiger charge is -2.05. The third-order valence-corrected chi connectivity index (χ3v) is 3.19. The van der Waals surface area contributed by atoms with E-state index in [0.29, 0.717) is 30.2 Å². The van der Waals surface area contributed by atoms with Crippen molar-refractivity contribution in [2.45, 2.75) is 19.4 Å². The molecule has 3 rings (SSSR count). The Morgan fingerprint density at radius 1 is 1.53 bits per heavy atom. The van der Waals surface area contributed by atoms with Crippen LogP contribution >= 0.6 is 0 Å². The maximum atomic E-state index is 11.7. The number of fused-ring (bicyclic) bond motifs is 1. The SMILES string of the molecule is O=C(OCC1CC1)c1ccc2c(c1)B(O)OC2. The standard InChI is InChI=1S/C12H13BO4/c14-12(16-6-8-1-2-8)9-3-4-10-7-17-13(15)11(10)5-9/h3-5,8,15H,1-2,6-7H2. The maximum absolute atomic E-state index is 11.7.